The minimum atomic E-state index is -0.831. The molecule has 0 saturated carbocycles. The fourth-order valence-electron chi connectivity index (χ4n) is 2.55. The van der Waals surface area contributed by atoms with E-state index in [0.29, 0.717) is 41.9 Å². The standard InChI is InChI=1S/C14H17Cl2FN6/c1-23(6-12-10(16)2-8(15)4-18-12)7-13-20-14(22-21-13)11-3-9(17)5-19-11/h2,4,9,11,19H,3,5-7H2,1H3,(H,20,21,22)/t9-,11+/m0/s1. The van der Waals surface area contributed by atoms with Gasteiger partial charge in [-0.25, -0.2) is 9.37 Å². The molecule has 3 heterocycles. The summed E-state index contributed by atoms with van der Waals surface area (Å²) in [7, 11) is 1.93. The minimum Gasteiger partial charge on any atom is -0.304 e. The molecule has 0 radical (unpaired) electrons. The van der Waals surface area contributed by atoms with E-state index in [4.69, 9.17) is 23.2 Å². The summed E-state index contributed by atoms with van der Waals surface area (Å²) in [6.07, 6.45) is 1.16. The molecule has 0 amide bonds. The first kappa shape index (κ1) is 16.6. The van der Waals surface area contributed by atoms with E-state index in [2.05, 4.69) is 25.5 Å². The van der Waals surface area contributed by atoms with Gasteiger partial charge in [-0.3, -0.25) is 15.0 Å². The zero-order chi connectivity index (χ0) is 16.4. The number of rotatable bonds is 5. The molecule has 2 aromatic rings. The van der Waals surface area contributed by atoms with Crippen LogP contribution in [0.15, 0.2) is 12.3 Å². The zero-order valence-electron chi connectivity index (χ0n) is 12.6. The number of pyridine rings is 1. The van der Waals surface area contributed by atoms with Gasteiger partial charge in [0.15, 0.2) is 5.82 Å². The fraction of sp³-hybridized carbons (Fsp3) is 0.500. The number of halogens is 3. The van der Waals surface area contributed by atoms with Gasteiger partial charge in [0.2, 0.25) is 0 Å². The van der Waals surface area contributed by atoms with Crippen LogP contribution in [0.25, 0.3) is 0 Å². The van der Waals surface area contributed by atoms with E-state index in [-0.39, 0.29) is 6.04 Å². The number of alkyl halides is 1. The third-order valence-electron chi connectivity index (χ3n) is 3.66. The van der Waals surface area contributed by atoms with Crippen LogP contribution in [-0.4, -0.2) is 44.8 Å². The maximum Gasteiger partial charge on any atom is 0.167 e. The molecule has 1 aliphatic heterocycles. The Morgan fingerprint density at radius 1 is 1.39 bits per heavy atom. The SMILES string of the molecule is CN(Cc1nc([C@H]2C[C@H](F)CN2)n[nH]1)Cc1ncc(Cl)cc1Cl. The number of hydrogen-bond donors (Lipinski definition) is 2. The molecule has 1 saturated heterocycles. The van der Waals surface area contributed by atoms with Gasteiger partial charge in [0.05, 0.1) is 28.3 Å². The smallest absolute Gasteiger partial charge is 0.167 e. The van der Waals surface area contributed by atoms with Crippen LogP contribution in [-0.2, 0) is 13.1 Å². The number of H-pyrrole nitrogens is 1. The Bertz CT molecular complexity index is 679. The van der Waals surface area contributed by atoms with Crippen molar-refractivity contribution in [3.8, 4) is 0 Å². The second kappa shape index (κ2) is 7.09. The Morgan fingerprint density at radius 3 is 2.91 bits per heavy atom. The van der Waals surface area contributed by atoms with Crippen molar-refractivity contribution in [1.29, 1.82) is 0 Å². The van der Waals surface area contributed by atoms with Crippen LogP contribution in [0.5, 0.6) is 0 Å². The van der Waals surface area contributed by atoms with Gasteiger partial charge in [-0.1, -0.05) is 23.2 Å². The largest absolute Gasteiger partial charge is 0.304 e. The van der Waals surface area contributed by atoms with E-state index in [1.807, 2.05) is 11.9 Å². The molecule has 3 rings (SSSR count). The van der Waals surface area contributed by atoms with Crippen LogP contribution < -0.4 is 5.32 Å². The molecule has 1 fully saturated rings. The second-order valence-electron chi connectivity index (χ2n) is 5.69. The Labute approximate surface area is 143 Å². The van der Waals surface area contributed by atoms with Crippen LogP contribution in [0.2, 0.25) is 10.0 Å². The highest BCUT2D eigenvalue weighted by molar-refractivity contribution is 6.34. The highest BCUT2D eigenvalue weighted by atomic mass is 35.5. The van der Waals surface area contributed by atoms with E-state index in [1.165, 1.54) is 0 Å². The van der Waals surface area contributed by atoms with Gasteiger partial charge in [-0.05, 0) is 13.1 Å². The Hall–Kier alpha value is -1.28. The molecule has 0 spiro atoms. The quantitative estimate of drug-likeness (QED) is 0.859. The summed E-state index contributed by atoms with van der Waals surface area (Å²) in [5.74, 6) is 1.33. The zero-order valence-corrected chi connectivity index (χ0v) is 14.1. The van der Waals surface area contributed by atoms with Crippen LogP contribution in [0.4, 0.5) is 4.39 Å². The molecule has 124 valence electrons. The van der Waals surface area contributed by atoms with E-state index in [0.717, 1.165) is 11.5 Å². The van der Waals surface area contributed by atoms with Gasteiger partial charge in [0.1, 0.15) is 12.0 Å². The Morgan fingerprint density at radius 2 is 2.22 bits per heavy atom. The van der Waals surface area contributed by atoms with Gasteiger partial charge in [-0.15, -0.1) is 0 Å². The Balaban J connectivity index is 1.59. The van der Waals surface area contributed by atoms with Crippen molar-refractivity contribution in [2.24, 2.45) is 0 Å². The Kier molecular flexibility index (Phi) is 5.11. The highest BCUT2D eigenvalue weighted by Gasteiger charge is 2.27. The van der Waals surface area contributed by atoms with E-state index < -0.39 is 6.17 Å². The van der Waals surface area contributed by atoms with E-state index in [9.17, 15) is 4.39 Å². The summed E-state index contributed by atoms with van der Waals surface area (Å²) in [5.41, 5.74) is 0.746. The lowest BCUT2D eigenvalue weighted by Gasteiger charge is -2.15. The van der Waals surface area contributed by atoms with Crippen molar-refractivity contribution >= 4 is 23.2 Å². The van der Waals surface area contributed by atoms with Crippen LogP contribution in [0.1, 0.15) is 29.8 Å². The molecule has 2 N–H and O–H groups in total. The first-order valence-electron chi connectivity index (χ1n) is 7.28. The average molecular weight is 359 g/mol. The lowest BCUT2D eigenvalue weighted by molar-refractivity contribution is 0.307. The monoisotopic (exact) mass is 358 g/mol. The lowest BCUT2D eigenvalue weighted by Crippen LogP contribution is -2.19. The molecule has 9 heteroatoms. The van der Waals surface area contributed by atoms with Crippen molar-refractivity contribution in [1.82, 2.24) is 30.4 Å². The molecule has 0 aliphatic carbocycles. The lowest BCUT2D eigenvalue weighted by atomic mass is 10.2. The van der Waals surface area contributed by atoms with Crippen molar-refractivity contribution in [3.05, 3.63) is 39.7 Å². The summed E-state index contributed by atoms with van der Waals surface area (Å²) in [4.78, 5) is 10.7. The molecule has 6 nitrogen and oxygen atoms in total. The molecule has 2 atom stereocenters. The van der Waals surface area contributed by atoms with Crippen molar-refractivity contribution in [2.45, 2.75) is 31.7 Å². The third-order valence-corrected chi connectivity index (χ3v) is 4.20. The van der Waals surface area contributed by atoms with Gasteiger partial charge >= 0.3 is 0 Å². The summed E-state index contributed by atoms with van der Waals surface area (Å²) in [5, 5.41) is 11.2. The van der Waals surface area contributed by atoms with E-state index in [1.54, 1.807) is 12.3 Å². The maximum absolute atomic E-state index is 13.2. The van der Waals surface area contributed by atoms with Gasteiger partial charge < -0.3 is 5.32 Å². The average Bonchev–Trinajstić information content (AvgIpc) is 3.11. The molecular weight excluding hydrogens is 342 g/mol. The minimum absolute atomic E-state index is 0.118. The van der Waals surface area contributed by atoms with E-state index >= 15 is 0 Å². The van der Waals surface area contributed by atoms with Crippen molar-refractivity contribution in [2.75, 3.05) is 13.6 Å². The summed E-state index contributed by atoms with van der Waals surface area (Å²) in [6, 6.07) is 1.55. The van der Waals surface area contributed by atoms with Crippen LogP contribution in [0.3, 0.4) is 0 Å². The van der Waals surface area contributed by atoms with Crippen molar-refractivity contribution in [3.63, 3.8) is 0 Å². The molecular formula is C14H17Cl2FN6. The van der Waals surface area contributed by atoms with Gasteiger partial charge in [0.25, 0.3) is 0 Å². The number of nitrogens with zero attached hydrogens (tertiary/aromatic N) is 4. The number of nitrogens with one attached hydrogen (secondary N) is 2. The normalized spacial score (nSPS) is 21.3. The molecule has 0 aromatic carbocycles. The molecule has 0 bridgehead atoms. The molecule has 1 aliphatic rings. The van der Waals surface area contributed by atoms with Crippen molar-refractivity contribution < 1.29 is 4.39 Å². The summed E-state index contributed by atoms with van der Waals surface area (Å²) < 4.78 is 13.2. The number of hydrogen-bond acceptors (Lipinski definition) is 5. The van der Waals surface area contributed by atoms with Gasteiger partial charge in [0, 0.05) is 25.7 Å². The second-order valence-corrected chi connectivity index (χ2v) is 6.53. The maximum atomic E-state index is 13.2. The summed E-state index contributed by atoms with van der Waals surface area (Å²) in [6.45, 7) is 1.47. The first-order valence-corrected chi connectivity index (χ1v) is 8.04. The molecule has 23 heavy (non-hydrogen) atoms. The van der Waals surface area contributed by atoms with Crippen LogP contribution in [0, 0.1) is 0 Å². The third kappa shape index (κ3) is 4.17. The van der Waals surface area contributed by atoms with Crippen LogP contribution >= 0.6 is 23.2 Å². The predicted octanol–water partition coefficient (Wildman–Crippen LogP) is 2.51. The van der Waals surface area contributed by atoms with Gasteiger partial charge in [-0.2, -0.15) is 5.10 Å². The highest BCUT2D eigenvalue weighted by Crippen LogP contribution is 2.23. The topological polar surface area (TPSA) is 69.7 Å². The molecule has 0 unspecified atom stereocenters. The number of aromatic nitrogens is 4. The fourth-order valence-corrected chi connectivity index (χ4v) is 2.99. The number of aromatic amines is 1. The predicted molar refractivity (Wildman–Crippen MR) is 86.1 cm³/mol. The first-order chi connectivity index (χ1) is 11.0. The molecule has 2 aromatic heterocycles. The summed E-state index contributed by atoms with van der Waals surface area (Å²) >= 11 is 12.0.